The molecular weight excluding hydrogens is 354 g/mol. The van der Waals surface area contributed by atoms with Crippen LogP contribution in [0.2, 0.25) is 0 Å². The monoisotopic (exact) mass is 375 g/mol. The maximum absolute atomic E-state index is 13.4. The van der Waals surface area contributed by atoms with Crippen molar-refractivity contribution in [3.05, 3.63) is 30.9 Å². The third-order valence-corrected chi connectivity index (χ3v) is 6.12. The fourth-order valence-corrected chi connectivity index (χ4v) is 4.40. The van der Waals surface area contributed by atoms with E-state index in [1.54, 1.807) is 21.8 Å². The Morgan fingerprint density at radius 1 is 1.32 bits per heavy atom. The molecule has 2 aliphatic rings. The SMILES string of the molecule is CCn1cc(-c2cn3nccc3c(N3C[C@@H](C)[C@@](C#N)(C4CC4)C3=O)n2)cn1. The fraction of sp³-hybridized carbons (Fsp3) is 0.450. The maximum Gasteiger partial charge on any atom is 0.249 e. The lowest BCUT2D eigenvalue weighted by molar-refractivity contribution is -0.124. The highest BCUT2D eigenvalue weighted by Crippen LogP contribution is 2.54. The molecule has 1 saturated heterocycles. The van der Waals surface area contributed by atoms with Crippen molar-refractivity contribution >= 4 is 17.2 Å². The van der Waals surface area contributed by atoms with E-state index in [0.717, 1.165) is 30.5 Å². The van der Waals surface area contributed by atoms with Crippen LogP contribution in [0.3, 0.4) is 0 Å². The lowest BCUT2D eigenvalue weighted by Gasteiger charge is -2.23. The number of hydrogen-bond donors (Lipinski definition) is 0. The molecule has 1 aliphatic carbocycles. The van der Waals surface area contributed by atoms with Crippen LogP contribution < -0.4 is 4.90 Å². The number of hydrogen-bond acceptors (Lipinski definition) is 5. The van der Waals surface area contributed by atoms with Gasteiger partial charge in [-0.1, -0.05) is 6.92 Å². The minimum Gasteiger partial charge on any atom is -0.293 e. The molecule has 8 nitrogen and oxygen atoms in total. The summed E-state index contributed by atoms with van der Waals surface area (Å²) < 4.78 is 3.57. The molecule has 1 saturated carbocycles. The smallest absolute Gasteiger partial charge is 0.249 e. The van der Waals surface area contributed by atoms with Gasteiger partial charge < -0.3 is 0 Å². The summed E-state index contributed by atoms with van der Waals surface area (Å²) in [4.78, 5) is 19.9. The molecule has 2 atom stereocenters. The summed E-state index contributed by atoms with van der Waals surface area (Å²) in [6, 6.07) is 4.23. The molecule has 0 aromatic carbocycles. The van der Waals surface area contributed by atoms with E-state index in [9.17, 15) is 10.1 Å². The van der Waals surface area contributed by atoms with Crippen molar-refractivity contribution in [1.29, 1.82) is 5.26 Å². The lowest BCUT2D eigenvalue weighted by Crippen LogP contribution is -2.37. The summed E-state index contributed by atoms with van der Waals surface area (Å²) >= 11 is 0. The number of nitrogens with zero attached hydrogens (tertiary/aromatic N) is 7. The van der Waals surface area contributed by atoms with E-state index in [-0.39, 0.29) is 17.7 Å². The fourth-order valence-electron chi connectivity index (χ4n) is 4.40. The topological polar surface area (TPSA) is 92.1 Å². The largest absolute Gasteiger partial charge is 0.293 e. The Balaban J connectivity index is 1.64. The summed E-state index contributed by atoms with van der Waals surface area (Å²) in [5, 5.41) is 18.6. The molecule has 1 aliphatic heterocycles. The average Bonchev–Trinajstić information content (AvgIpc) is 3.16. The number of amides is 1. The molecule has 4 heterocycles. The molecule has 142 valence electrons. The van der Waals surface area contributed by atoms with Crippen LogP contribution in [0.25, 0.3) is 16.8 Å². The zero-order chi connectivity index (χ0) is 19.5. The van der Waals surface area contributed by atoms with E-state index in [1.807, 2.05) is 37.0 Å². The van der Waals surface area contributed by atoms with Gasteiger partial charge in [0, 0.05) is 30.8 Å². The molecule has 0 bridgehead atoms. The number of fused-ring (bicyclic) bond motifs is 1. The summed E-state index contributed by atoms with van der Waals surface area (Å²) in [6.07, 6.45) is 9.13. The van der Waals surface area contributed by atoms with E-state index in [0.29, 0.717) is 18.1 Å². The van der Waals surface area contributed by atoms with Gasteiger partial charge in [0.25, 0.3) is 0 Å². The molecule has 0 radical (unpaired) electrons. The van der Waals surface area contributed by atoms with Crippen LogP contribution in [0.1, 0.15) is 26.7 Å². The lowest BCUT2D eigenvalue weighted by atomic mass is 9.75. The average molecular weight is 375 g/mol. The van der Waals surface area contributed by atoms with Gasteiger partial charge in [0.05, 0.1) is 30.4 Å². The Labute approximate surface area is 162 Å². The molecule has 8 heteroatoms. The van der Waals surface area contributed by atoms with E-state index in [2.05, 4.69) is 16.3 Å². The number of anilines is 1. The van der Waals surface area contributed by atoms with Crippen LogP contribution >= 0.6 is 0 Å². The quantitative estimate of drug-likeness (QED) is 0.699. The van der Waals surface area contributed by atoms with Gasteiger partial charge in [-0.25, -0.2) is 9.50 Å². The number of aryl methyl sites for hydroxylation is 1. The van der Waals surface area contributed by atoms with Crippen molar-refractivity contribution < 1.29 is 4.79 Å². The van der Waals surface area contributed by atoms with E-state index in [4.69, 9.17) is 4.98 Å². The highest BCUT2D eigenvalue weighted by molar-refractivity contribution is 6.04. The van der Waals surface area contributed by atoms with Crippen molar-refractivity contribution in [2.24, 2.45) is 17.3 Å². The van der Waals surface area contributed by atoms with E-state index >= 15 is 0 Å². The Kier molecular flexibility index (Phi) is 3.56. The standard InChI is InChI=1S/C20H21N7O/c1-3-25-10-14(8-23-25)16-11-27-17(6-7-22-27)18(24-16)26-9-13(2)20(12-21,19(26)28)15-4-5-15/h6-8,10-11,13,15H,3-5,9H2,1-2H3/t13-,20+/m1/s1. The second kappa shape index (κ2) is 5.89. The molecule has 5 rings (SSSR count). The Morgan fingerprint density at radius 3 is 2.82 bits per heavy atom. The first-order chi connectivity index (χ1) is 13.6. The minimum atomic E-state index is -0.929. The second-order valence-electron chi connectivity index (χ2n) is 7.77. The van der Waals surface area contributed by atoms with Crippen LogP contribution in [-0.2, 0) is 11.3 Å². The van der Waals surface area contributed by atoms with Crippen LogP contribution in [0.15, 0.2) is 30.9 Å². The highest BCUT2D eigenvalue weighted by Gasteiger charge is 2.61. The summed E-state index contributed by atoms with van der Waals surface area (Å²) in [5.74, 6) is 0.571. The van der Waals surface area contributed by atoms with Crippen molar-refractivity contribution in [3.8, 4) is 17.3 Å². The molecule has 2 fully saturated rings. The van der Waals surface area contributed by atoms with Gasteiger partial charge in [0.1, 0.15) is 10.9 Å². The molecular formula is C20H21N7O. The number of nitriles is 1. The molecule has 3 aromatic heterocycles. The van der Waals surface area contributed by atoms with Crippen molar-refractivity contribution in [2.75, 3.05) is 11.4 Å². The summed E-state index contributed by atoms with van der Waals surface area (Å²) in [7, 11) is 0. The second-order valence-corrected chi connectivity index (χ2v) is 7.77. The normalized spacial score (nSPS) is 24.8. The minimum absolute atomic E-state index is 0.0335. The summed E-state index contributed by atoms with van der Waals surface area (Å²) in [6.45, 7) is 5.29. The van der Waals surface area contributed by atoms with Crippen LogP contribution in [0.4, 0.5) is 5.82 Å². The third-order valence-electron chi connectivity index (χ3n) is 6.12. The predicted octanol–water partition coefficient (Wildman–Crippen LogP) is 2.52. The third kappa shape index (κ3) is 2.22. The van der Waals surface area contributed by atoms with Crippen molar-refractivity contribution in [3.63, 3.8) is 0 Å². The molecule has 1 amide bonds. The molecule has 28 heavy (non-hydrogen) atoms. The number of aromatic nitrogens is 5. The van der Waals surface area contributed by atoms with Crippen LogP contribution in [0.5, 0.6) is 0 Å². The van der Waals surface area contributed by atoms with Crippen LogP contribution in [-0.4, -0.2) is 36.8 Å². The van der Waals surface area contributed by atoms with Gasteiger partial charge >= 0.3 is 0 Å². The highest BCUT2D eigenvalue weighted by atomic mass is 16.2. The van der Waals surface area contributed by atoms with Gasteiger partial charge in [0.15, 0.2) is 5.82 Å². The van der Waals surface area contributed by atoms with E-state index in [1.165, 1.54) is 0 Å². The van der Waals surface area contributed by atoms with Gasteiger partial charge in [-0.2, -0.15) is 15.5 Å². The maximum atomic E-state index is 13.4. The molecule has 0 unspecified atom stereocenters. The predicted molar refractivity (Wildman–Crippen MR) is 102 cm³/mol. The van der Waals surface area contributed by atoms with Gasteiger partial charge in [-0.05, 0) is 31.7 Å². The molecule has 0 N–H and O–H groups in total. The first kappa shape index (κ1) is 16.9. The first-order valence-corrected chi connectivity index (χ1v) is 9.69. The molecule has 3 aromatic rings. The Hall–Kier alpha value is -3.21. The Bertz CT molecular complexity index is 1120. The van der Waals surface area contributed by atoms with Gasteiger partial charge in [-0.3, -0.25) is 14.4 Å². The molecule has 0 spiro atoms. The number of carbonyl (C=O) groups is 1. The zero-order valence-corrected chi connectivity index (χ0v) is 15.9. The number of carbonyl (C=O) groups excluding carboxylic acids is 1. The van der Waals surface area contributed by atoms with Gasteiger partial charge in [-0.15, -0.1) is 0 Å². The van der Waals surface area contributed by atoms with Crippen molar-refractivity contribution in [1.82, 2.24) is 24.4 Å². The van der Waals surface area contributed by atoms with Gasteiger partial charge in [0.2, 0.25) is 5.91 Å². The number of rotatable bonds is 4. The Morgan fingerprint density at radius 2 is 2.14 bits per heavy atom. The van der Waals surface area contributed by atoms with Crippen molar-refractivity contribution in [2.45, 2.75) is 33.2 Å². The first-order valence-electron chi connectivity index (χ1n) is 9.69. The van der Waals surface area contributed by atoms with E-state index < -0.39 is 5.41 Å². The zero-order valence-electron chi connectivity index (χ0n) is 15.9. The van der Waals surface area contributed by atoms with Crippen LogP contribution in [0, 0.1) is 28.6 Å². The summed E-state index contributed by atoms with van der Waals surface area (Å²) in [5.41, 5.74) is 1.40.